The highest BCUT2D eigenvalue weighted by molar-refractivity contribution is 6.32. The first-order valence-corrected chi connectivity index (χ1v) is 21.4. The summed E-state index contributed by atoms with van der Waals surface area (Å²) >= 11 is 0. The number of hydrogen-bond acceptors (Lipinski definition) is 3. The third-order valence-corrected chi connectivity index (χ3v) is 13.4. The van der Waals surface area contributed by atoms with Gasteiger partial charge >= 0.3 is 0 Å². The molecule has 0 aliphatic heterocycles. The van der Waals surface area contributed by atoms with Crippen molar-refractivity contribution in [2.24, 2.45) is 0 Å². The summed E-state index contributed by atoms with van der Waals surface area (Å²) < 4.78 is 4.86. The highest BCUT2D eigenvalue weighted by Gasteiger charge is 2.31. The van der Waals surface area contributed by atoms with Crippen molar-refractivity contribution >= 4 is 115 Å². The van der Waals surface area contributed by atoms with Crippen LogP contribution in [0, 0.1) is 0 Å². The standard InChI is InChI=1S/C56H43N5/c1-55(2,3)34-25-26-45-40(29-34)41-27-32-17-13-15-23-38(32)46-48-54(60(45)50(41)46)57-47-44-31-35(56(4,5)6)30-43-42-28-33-18-14-16-24-39(33)51(52(42)61(49(43)44)53(47)58-48)59(36-19-9-7-10-20-36)37-21-11-8-12-22-37/h7-31H,1-6H3. The van der Waals surface area contributed by atoms with Crippen LogP contribution in [0.15, 0.2) is 152 Å². The highest BCUT2D eigenvalue weighted by Crippen LogP contribution is 2.51. The molecule has 0 saturated heterocycles. The number of aromatic nitrogens is 4. The minimum Gasteiger partial charge on any atom is -0.308 e. The fourth-order valence-electron chi connectivity index (χ4n) is 10.4. The molecular weight excluding hydrogens is 743 g/mol. The summed E-state index contributed by atoms with van der Waals surface area (Å²) in [6.07, 6.45) is 0. The van der Waals surface area contributed by atoms with Gasteiger partial charge in [0.15, 0.2) is 11.3 Å². The van der Waals surface area contributed by atoms with Crippen LogP contribution in [-0.2, 0) is 10.8 Å². The number of nitrogens with zero attached hydrogens (tertiary/aromatic N) is 5. The molecule has 0 bridgehead atoms. The Kier molecular flexibility index (Phi) is 6.66. The molecule has 13 aromatic rings. The lowest BCUT2D eigenvalue weighted by Gasteiger charge is -2.28. The lowest BCUT2D eigenvalue weighted by atomic mass is 9.85. The average Bonchev–Trinajstić information content (AvgIpc) is 3.98. The van der Waals surface area contributed by atoms with Crippen molar-refractivity contribution in [3.8, 4) is 0 Å². The molecule has 8 aromatic carbocycles. The van der Waals surface area contributed by atoms with Crippen molar-refractivity contribution in [3.05, 3.63) is 163 Å². The minimum absolute atomic E-state index is 0.0193. The smallest absolute Gasteiger partial charge is 0.165 e. The quantitative estimate of drug-likeness (QED) is 0.179. The SMILES string of the molecule is CC(C)(C)c1ccc2c(c1)c1cc3ccccc3c3c4nc5c(nc4n2c13)c1cc(C(C)(C)C)cc2c3cc4ccccc4c(N(c4ccccc4)c4ccccc4)c3n5c21. The zero-order valence-corrected chi connectivity index (χ0v) is 35.2. The van der Waals surface area contributed by atoms with Crippen LogP contribution in [0.25, 0.3) is 98.3 Å². The van der Waals surface area contributed by atoms with Crippen LogP contribution < -0.4 is 4.90 Å². The number of rotatable bonds is 3. The number of fused-ring (bicyclic) bond motifs is 15. The summed E-state index contributed by atoms with van der Waals surface area (Å²) in [5.41, 5.74) is 14.1. The number of anilines is 3. The van der Waals surface area contributed by atoms with E-state index in [2.05, 4.69) is 207 Å². The van der Waals surface area contributed by atoms with Gasteiger partial charge < -0.3 is 4.90 Å². The van der Waals surface area contributed by atoms with Gasteiger partial charge in [-0.2, -0.15) is 0 Å². The Morgan fingerprint density at radius 2 is 0.934 bits per heavy atom. The predicted molar refractivity (Wildman–Crippen MR) is 258 cm³/mol. The summed E-state index contributed by atoms with van der Waals surface area (Å²) in [5.74, 6) is 0. The third kappa shape index (κ3) is 4.61. The van der Waals surface area contributed by atoms with Gasteiger partial charge in [0.1, 0.15) is 11.0 Å². The maximum atomic E-state index is 5.90. The van der Waals surface area contributed by atoms with E-state index in [0.717, 1.165) is 61.2 Å². The van der Waals surface area contributed by atoms with Crippen molar-refractivity contribution in [2.75, 3.05) is 4.90 Å². The number of para-hydroxylation sites is 2. The van der Waals surface area contributed by atoms with Gasteiger partial charge in [-0.15, -0.1) is 0 Å². The van der Waals surface area contributed by atoms with Gasteiger partial charge in [-0.3, -0.25) is 8.80 Å². The Labute approximate surface area is 352 Å². The van der Waals surface area contributed by atoms with Gasteiger partial charge in [-0.1, -0.05) is 133 Å². The second-order valence-corrected chi connectivity index (χ2v) is 19.1. The first-order chi connectivity index (χ1) is 29.5. The van der Waals surface area contributed by atoms with E-state index in [9.17, 15) is 0 Å². The molecule has 5 heterocycles. The molecule has 0 unspecified atom stereocenters. The first kappa shape index (κ1) is 34.6. The molecule has 0 aliphatic carbocycles. The third-order valence-electron chi connectivity index (χ3n) is 13.4. The van der Waals surface area contributed by atoms with Crippen LogP contribution in [0.5, 0.6) is 0 Å². The lowest BCUT2D eigenvalue weighted by Crippen LogP contribution is -2.11. The largest absolute Gasteiger partial charge is 0.308 e. The zero-order chi connectivity index (χ0) is 41.1. The molecule has 0 aliphatic rings. The fourth-order valence-corrected chi connectivity index (χ4v) is 10.4. The zero-order valence-electron chi connectivity index (χ0n) is 35.2. The molecule has 0 N–H and O–H groups in total. The van der Waals surface area contributed by atoms with E-state index in [-0.39, 0.29) is 10.8 Å². The second kappa shape index (κ2) is 11.7. The van der Waals surface area contributed by atoms with Crippen LogP contribution in [0.4, 0.5) is 17.1 Å². The van der Waals surface area contributed by atoms with Gasteiger partial charge in [-0.25, -0.2) is 9.97 Å². The van der Waals surface area contributed by atoms with Crippen molar-refractivity contribution in [1.82, 2.24) is 18.8 Å². The maximum Gasteiger partial charge on any atom is 0.165 e. The second-order valence-electron chi connectivity index (χ2n) is 19.1. The van der Waals surface area contributed by atoms with E-state index in [4.69, 9.17) is 9.97 Å². The van der Waals surface area contributed by atoms with E-state index in [1.165, 1.54) is 65.3 Å². The molecular formula is C56H43N5. The van der Waals surface area contributed by atoms with Crippen molar-refractivity contribution in [3.63, 3.8) is 0 Å². The summed E-state index contributed by atoms with van der Waals surface area (Å²) in [5, 5.41) is 12.0. The normalized spacial score (nSPS) is 13.1. The Morgan fingerprint density at radius 3 is 1.61 bits per heavy atom. The highest BCUT2D eigenvalue weighted by atomic mass is 15.2. The van der Waals surface area contributed by atoms with Crippen LogP contribution in [0.2, 0.25) is 0 Å². The monoisotopic (exact) mass is 785 g/mol. The van der Waals surface area contributed by atoms with Crippen LogP contribution >= 0.6 is 0 Å². The van der Waals surface area contributed by atoms with E-state index in [0.29, 0.717) is 0 Å². The van der Waals surface area contributed by atoms with Crippen molar-refractivity contribution in [1.29, 1.82) is 0 Å². The van der Waals surface area contributed by atoms with Gasteiger partial charge in [0.2, 0.25) is 0 Å². The predicted octanol–water partition coefficient (Wildman–Crippen LogP) is 15.1. The van der Waals surface area contributed by atoms with E-state index >= 15 is 0 Å². The Morgan fingerprint density at radius 1 is 0.410 bits per heavy atom. The average molecular weight is 786 g/mol. The number of hydrogen-bond donors (Lipinski definition) is 0. The Hall–Kier alpha value is -7.24. The Balaban J connectivity index is 1.28. The molecule has 61 heavy (non-hydrogen) atoms. The summed E-state index contributed by atoms with van der Waals surface area (Å²) in [7, 11) is 0. The molecule has 13 rings (SSSR count). The molecule has 5 aromatic heterocycles. The maximum absolute atomic E-state index is 5.90. The van der Waals surface area contributed by atoms with Gasteiger partial charge in [0, 0.05) is 49.1 Å². The topological polar surface area (TPSA) is 37.8 Å². The molecule has 5 nitrogen and oxygen atoms in total. The summed E-state index contributed by atoms with van der Waals surface area (Å²) in [6, 6.07) is 55.8. The summed E-state index contributed by atoms with van der Waals surface area (Å²) in [6.45, 7) is 13.8. The van der Waals surface area contributed by atoms with Crippen LogP contribution in [-0.4, -0.2) is 18.8 Å². The van der Waals surface area contributed by atoms with E-state index < -0.39 is 0 Å². The lowest BCUT2D eigenvalue weighted by molar-refractivity contribution is 0.591. The van der Waals surface area contributed by atoms with Gasteiger partial charge in [-0.05, 0) is 98.8 Å². The molecule has 0 radical (unpaired) electrons. The molecule has 292 valence electrons. The minimum atomic E-state index is -0.103. The van der Waals surface area contributed by atoms with E-state index in [1.54, 1.807) is 0 Å². The van der Waals surface area contributed by atoms with Crippen LogP contribution in [0.1, 0.15) is 52.7 Å². The fraction of sp³-hybridized carbons (Fsp3) is 0.143. The molecule has 0 atom stereocenters. The number of benzene rings is 8. The molecule has 0 fully saturated rings. The van der Waals surface area contributed by atoms with E-state index in [1.807, 2.05) is 0 Å². The molecule has 0 amide bonds. The molecule has 0 saturated carbocycles. The van der Waals surface area contributed by atoms with Crippen molar-refractivity contribution < 1.29 is 0 Å². The summed E-state index contributed by atoms with van der Waals surface area (Å²) in [4.78, 5) is 14.2. The molecule has 0 spiro atoms. The Bertz CT molecular complexity index is 3900. The van der Waals surface area contributed by atoms with Crippen molar-refractivity contribution in [2.45, 2.75) is 52.4 Å². The van der Waals surface area contributed by atoms with Gasteiger partial charge in [0.25, 0.3) is 0 Å². The van der Waals surface area contributed by atoms with Gasteiger partial charge in [0.05, 0.1) is 27.8 Å². The first-order valence-electron chi connectivity index (χ1n) is 21.4. The molecule has 5 heteroatoms. The van der Waals surface area contributed by atoms with Crippen LogP contribution in [0.3, 0.4) is 0 Å².